The fourth-order valence-electron chi connectivity index (χ4n) is 5.67. The van der Waals surface area contributed by atoms with Crippen molar-refractivity contribution < 1.29 is 8.78 Å². The van der Waals surface area contributed by atoms with Crippen LogP contribution in [0.25, 0.3) is 10.9 Å². The second-order valence-electron chi connectivity index (χ2n) is 9.86. The van der Waals surface area contributed by atoms with Gasteiger partial charge in [0.2, 0.25) is 0 Å². The lowest BCUT2D eigenvalue weighted by molar-refractivity contribution is 0.150. The zero-order valence-electron chi connectivity index (χ0n) is 21.0. The van der Waals surface area contributed by atoms with Crippen LogP contribution in [0.15, 0.2) is 29.2 Å². The van der Waals surface area contributed by atoms with Gasteiger partial charge in [-0.05, 0) is 64.6 Å². The molecule has 1 aliphatic carbocycles. The molecule has 0 amide bonds. The summed E-state index contributed by atoms with van der Waals surface area (Å²) in [5, 5.41) is 4.19. The number of anilines is 1. The van der Waals surface area contributed by atoms with Gasteiger partial charge in [0.15, 0.2) is 0 Å². The van der Waals surface area contributed by atoms with Gasteiger partial charge in [0.25, 0.3) is 12.0 Å². The monoisotopic (exact) mass is 483 g/mol. The van der Waals surface area contributed by atoms with Crippen molar-refractivity contribution in [3.05, 3.63) is 62.8 Å². The normalized spacial score (nSPS) is 16.6. The van der Waals surface area contributed by atoms with E-state index in [0.717, 1.165) is 49.5 Å². The molecule has 3 aromatic rings. The smallest absolute Gasteiger partial charge is 0.264 e. The Bertz CT molecular complexity index is 1280. The van der Waals surface area contributed by atoms with Crippen molar-refractivity contribution >= 4 is 16.7 Å². The summed E-state index contributed by atoms with van der Waals surface area (Å²) in [5.41, 5.74) is 8.24. The molecule has 2 heterocycles. The van der Waals surface area contributed by atoms with Crippen molar-refractivity contribution in [3.8, 4) is 0 Å². The summed E-state index contributed by atoms with van der Waals surface area (Å²) in [5.74, 6) is 1.14. The van der Waals surface area contributed by atoms with E-state index >= 15 is 0 Å². The van der Waals surface area contributed by atoms with E-state index in [1.54, 1.807) is 19.9 Å². The van der Waals surface area contributed by atoms with E-state index in [1.807, 2.05) is 30.7 Å². The van der Waals surface area contributed by atoms with Gasteiger partial charge in [-0.25, -0.2) is 18.7 Å². The van der Waals surface area contributed by atoms with E-state index in [1.165, 1.54) is 6.07 Å². The molecule has 6 nitrogen and oxygen atoms in total. The van der Waals surface area contributed by atoms with Crippen molar-refractivity contribution in [2.75, 3.05) is 11.9 Å². The van der Waals surface area contributed by atoms with E-state index in [0.29, 0.717) is 34.8 Å². The van der Waals surface area contributed by atoms with Gasteiger partial charge in [-0.1, -0.05) is 37.5 Å². The molecular weight excluding hydrogens is 448 g/mol. The summed E-state index contributed by atoms with van der Waals surface area (Å²) in [7, 11) is 0. The Morgan fingerprint density at radius 3 is 2.43 bits per heavy atom. The van der Waals surface area contributed by atoms with Gasteiger partial charge >= 0.3 is 0 Å². The quantitative estimate of drug-likeness (QED) is 0.441. The van der Waals surface area contributed by atoms with Crippen LogP contribution in [0.4, 0.5) is 14.6 Å². The minimum Gasteiger partial charge on any atom is -0.363 e. The van der Waals surface area contributed by atoms with Crippen molar-refractivity contribution in [3.63, 3.8) is 0 Å². The molecule has 0 bridgehead atoms. The Hall–Kier alpha value is -2.87. The SMILES string of the molecule is Cc1nc(N[C@H](C)c2cccc(C(F)F)c2C)c2cn(C3(CCN)CCCCC3)c(=O)c(C)c2n1. The standard InChI is InChI=1S/C27H35F2N5O/c1-16-20(9-8-10-21(16)24(28)29)18(3)31-25-22-15-34(27(13-14-30)11-6-5-7-12-27)26(35)17(2)23(22)32-19(4)33-25/h8-10,15,18,24H,5-7,11-14,30H2,1-4H3,(H,31,32,33)/t18-/m1/s1. The first-order chi connectivity index (χ1) is 16.7. The van der Waals surface area contributed by atoms with E-state index in [2.05, 4.69) is 15.3 Å². The fourth-order valence-corrected chi connectivity index (χ4v) is 5.67. The molecule has 3 N–H and O–H groups in total. The van der Waals surface area contributed by atoms with Crippen LogP contribution in [0, 0.1) is 20.8 Å². The largest absolute Gasteiger partial charge is 0.363 e. The number of fused-ring (bicyclic) bond motifs is 1. The molecule has 4 rings (SSSR count). The predicted molar refractivity (Wildman–Crippen MR) is 136 cm³/mol. The average Bonchev–Trinajstić information content (AvgIpc) is 2.82. The van der Waals surface area contributed by atoms with E-state index in [-0.39, 0.29) is 22.7 Å². The third-order valence-corrected chi connectivity index (χ3v) is 7.59. The van der Waals surface area contributed by atoms with Crippen LogP contribution >= 0.6 is 0 Å². The maximum atomic E-state index is 13.5. The molecular formula is C27H35F2N5O. The Labute approximate surface area is 205 Å². The summed E-state index contributed by atoms with van der Waals surface area (Å²) in [6.07, 6.45) is 5.23. The lowest BCUT2D eigenvalue weighted by Gasteiger charge is -2.39. The highest BCUT2D eigenvalue weighted by Gasteiger charge is 2.35. The van der Waals surface area contributed by atoms with Crippen LogP contribution < -0.4 is 16.6 Å². The topological polar surface area (TPSA) is 85.8 Å². The second kappa shape index (κ2) is 10.0. The molecule has 0 spiro atoms. The highest BCUT2D eigenvalue weighted by molar-refractivity contribution is 5.90. The van der Waals surface area contributed by atoms with Gasteiger partial charge in [0, 0.05) is 22.9 Å². The zero-order chi connectivity index (χ0) is 25.3. The highest BCUT2D eigenvalue weighted by Crippen LogP contribution is 2.38. The van der Waals surface area contributed by atoms with Gasteiger partial charge in [0.1, 0.15) is 11.6 Å². The lowest BCUT2D eigenvalue weighted by Crippen LogP contribution is -2.44. The minimum absolute atomic E-state index is 0.0329. The van der Waals surface area contributed by atoms with E-state index < -0.39 is 6.43 Å². The number of nitrogens with one attached hydrogen (secondary N) is 1. The van der Waals surface area contributed by atoms with E-state index in [9.17, 15) is 13.6 Å². The number of nitrogens with two attached hydrogens (primary N) is 1. The number of rotatable bonds is 7. The maximum Gasteiger partial charge on any atom is 0.264 e. The Morgan fingerprint density at radius 2 is 1.77 bits per heavy atom. The average molecular weight is 484 g/mol. The first-order valence-electron chi connectivity index (χ1n) is 12.4. The number of alkyl halides is 2. The number of nitrogens with zero attached hydrogens (tertiary/aromatic N) is 3. The Kier molecular flexibility index (Phi) is 7.22. The summed E-state index contributed by atoms with van der Waals surface area (Å²) in [4.78, 5) is 22.8. The number of pyridine rings is 1. The first-order valence-corrected chi connectivity index (χ1v) is 12.4. The van der Waals surface area contributed by atoms with Crippen LogP contribution in [-0.4, -0.2) is 21.1 Å². The van der Waals surface area contributed by atoms with Crippen molar-refractivity contribution in [1.29, 1.82) is 0 Å². The van der Waals surface area contributed by atoms with Gasteiger partial charge in [-0.15, -0.1) is 0 Å². The molecule has 0 aliphatic heterocycles. The van der Waals surface area contributed by atoms with Crippen molar-refractivity contribution in [1.82, 2.24) is 14.5 Å². The first kappa shape index (κ1) is 25.2. The summed E-state index contributed by atoms with van der Waals surface area (Å²) < 4.78 is 28.8. The van der Waals surface area contributed by atoms with Gasteiger partial charge in [-0.3, -0.25) is 4.79 Å². The Morgan fingerprint density at radius 1 is 1.09 bits per heavy atom. The summed E-state index contributed by atoms with van der Waals surface area (Å²) in [6, 6.07) is 4.70. The third kappa shape index (κ3) is 4.68. The molecule has 1 fully saturated rings. The summed E-state index contributed by atoms with van der Waals surface area (Å²) >= 11 is 0. The molecule has 0 radical (unpaired) electrons. The molecule has 8 heteroatoms. The molecule has 1 atom stereocenters. The molecule has 0 saturated heterocycles. The molecule has 0 unspecified atom stereocenters. The van der Waals surface area contributed by atoms with Crippen LogP contribution in [0.1, 0.15) is 86.0 Å². The number of benzene rings is 1. The summed E-state index contributed by atoms with van der Waals surface area (Å²) in [6.45, 7) is 7.77. The number of aromatic nitrogens is 3. The highest BCUT2D eigenvalue weighted by atomic mass is 19.3. The molecule has 1 aromatic carbocycles. The second-order valence-corrected chi connectivity index (χ2v) is 9.86. The number of halogens is 2. The molecule has 1 saturated carbocycles. The number of hydrogen-bond acceptors (Lipinski definition) is 5. The number of aryl methyl sites for hydroxylation is 2. The van der Waals surface area contributed by atoms with Crippen LogP contribution in [0.3, 0.4) is 0 Å². The lowest BCUT2D eigenvalue weighted by atomic mass is 9.78. The number of hydrogen-bond donors (Lipinski definition) is 2. The maximum absolute atomic E-state index is 13.5. The van der Waals surface area contributed by atoms with Gasteiger partial charge in [0.05, 0.1) is 16.9 Å². The van der Waals surface area contributed by atoms with Gasteiger partial charge in [-0.2, -0.15) is 0 Å². The zero-order valence-corrected chi connectivity index (χ0v) is 21.0. The van der Waals surface area contributed by atoms with Crippen molar-refractivity contribution in [2.45, 2.75) is 84.2 Å². The van der Waals surface area contributed by atoms with Crippen molar-refractivity contribution in [2.24, 2.45) is 5.73 Å². The van der Waals surface area contributed by atoms with Crippen LogP contribution in [-0.2, 0) is 5.54 Å². The molecule has 35 heavy (non-hydrogen) atoms. The minimum atomic E-state index is -2.53. The van der Waals surface area contributed by atoms with Crippen LogP contribution in [0.2, 0.25) is 0 Å². The Balaban J connectivity index is 1.85. The predicted octanol–water partition coefficient (Wildman–Crippen LogP) is 5.84. The fraction of sp³-hybridized carbons (Fsp3) is 0.519. The molecule has 1 aliphatic rings. The third-order valence-electron chi connectivity index (χ3n) is 7.59. The molecule has 2 aromatic heterocycles. The van der Waals surface area contributed by atoms with Gasteiger partial charge < -0.3 is 15.6 Å². The van der Waals surface area contributed by atoms with E-state index in [4.69, 9.17) is 5.73 Å². The molecule has 188 valence electrons. The van der Waals surface area contributed by atoms with Crippen LogP contribution in [0.5, 0.6) is 0 Å².